The van der Waals surface area contributed by atoms with Crippen LogP contribution in [-0.4, -0.2) is 33.6 Å². The van der Waals surface area contributed by atoms with Crippen LogP contribution in [-0.2, 0) is 11.2 Å². The number of piperidine rings is 1. The van der Waals surface area contributed by atoms with Gasteiger partial charge in [0.25, 0.3) is 0 Å². The Morgan fingerprint density at radius 2 is 2.42 bits per heavy atom. The van der Waals surface area contributed by atoms with Crippen molar-refractivity contribution in [2.24, 2.45) is 5.41 Å². The van der Waals surface area contributed by atoms with Crippen molar-refractivity contribution in [1.29, 1.82) is 0 Å². The summed E-state index contributed by atoms with van der Waals surface area (Å²) in [5, 5.41) is 12.7. The highest BCUT2D eigenvalue weighted by atomic mass is 16.4. The highest BCUT2D eigenvalue weighted by molar-refractivity contribution is 5.75. The van der Waals surface area contributed by atoms with Crippen LogP contribution in [0.2, 0.25) is 0 Å². The van der Waals surface area contributed by atoms with Gasteiger partial charge in [0.15, 0.2) is 0 Å². The van der Waals surface area contributed by atoms with E-state index < -0.39 is 11.4 Å². The molecule has 1 aliphatic heterocycles. The maximum Gasteiger partial charge on any atom is 0.311 e. The molecule has 19 heavy (non-hydrogen) atoms. The summed E-state index contributed by atoms with van der Waals surface area (Å²) in [7, 11) is 0. The molecule has 0 amide bonds. The van der Waals surface area contributed by atoms with Crippen LogP contribution in [0.5, 0.6) is 0 Å². The topological polar surface area (TPSA) is 66.6 Å². The van der Waals surface area contributed by atoms with Crippen LogP contribution in [0.3, 0.4) is 0 Å². The van der Waals surface area contributed by atoms with Gasteiger partial charge in [-0.2, -0.15) is 0 Å². The fourth-order valence-corrected chi connectivity index (χ4v) is 2.80. The molecule has 3 rings (SSSR count). The number of imidazole rings is 1. The smallest absolute Gasteiger partial charge is 0.311 e. The third-order valence-electron chi connectivity index (χ3n) is 3.86. The normalized spacial score (nSPS) is 23.6. The second-order valence-electron chi connectivity index (χ2n) is 5.24. The molecule has 5 heteroatoms. The van der Waals surface area contributed by atoms with Crippen molar-refractivity contribution in [2.75, 3.05) is 13.1 Å². The van der Waals surface area contributed by atoms with E-state index in [0.717, 1.165) is 24.3 Å². The number of hydrogen-bond acceptors (Lipinski definition) is 3. The number of fused-ring (bicyclic) bond motifs is 1. The van der Waals surface area contributed by atoms with Crippen molar-refractivity contribution in [1.82, 2.24) is 14.7 Å². The first-order chi connectivity index (χ1) is 9.20. The number of aromatic nitrogens is 2. The number of carboxylic acids is 1. The number of carboxylic acid groups (broad SMARTS) is 1. The molecule has 3 heterocycles. The first-order valence-corrected chi connectivity index (χ1v) is 6.56. The zero-order chi connectivity index (χ0) is 13.3. The summed E-state index contributed by atoms with van der Waals surface area (Å²) in [6.45, 7) is 1.43. The number of pyridine rings is 1. The van der Waals surface area contributed by atoms with E-state index in [1.54, 1.807) is 0 Å². The van der Waals surface area contributed by atoms with Crippen molar-refractivity contribution in [3.05, 3.63) is 36.3 Å². The first-order valence-electron chi connectivity index (χ1n) is 6.56. The third kappa shape index (κ3) is 2.21. The number of hydrogen-bond donors (Lipinski definition) is 2. The minimum Gasteiger partial charge on any atom is -0.481 e. The largest absolute Gasteiger partial charge is 0.481 e. The van der Waals surface area contributed by atoms with Crippen molar-refractivity contribution >= 4 is 11.6 Å². The van der Waals surface area contributed by atoms with Gasteiger partial charge in [-0.15, -0.1) is 0 Å². The Kier molecular flexibility index (Phi) is 2.98. The van der Waals surface area contributed by atoms with Crippen LogP contribution < -0.4 is 5.32 Å². The average Bonchev–Trinajstić information content (AvgIpc) is 2.81. The van der Waals surface area contributed by atoms with Gasteiger partial charge in [0.1, 0.15) is 5.65 Å². The molecule has 0 aromatic carbocycles. The molecule has 100 valence electrons. The lowest BCUT2D eigenvalue weighted by atomic mass is 9.77. The van der Waals surface area contributed by atoms with E-state index in [-0.39, 0.29) is 0 Å². The molecular weight excluding hydrogens is 242 g/mol. The Hall–Kier alpha value is -1.88. The second kappa shape index (κ2) is 4.66. The fourth-order valence-electron chi connectivity index (χ4n) is 2.80. The molecule has 2 N–H and O–H groups in total. The fraction of sp³-hybridized carbons (Fsp3) is 0.429. The maximum atomic E-state index is 11.6. The summed E-state index contributed by atoms with van der Waals surface area (Å²) < 4.78 is 1.93. The Labute approximate surface area is 111 Å². The zero-order valence-electron chi connectivity index (χ0n) is 10.7. The molecule has 5 nitrogen and oxygen atoms in total. The van der Waals surface area contributed by atoms with E-state index >= 15 is 0 Å². The van der Waals surface area contributed by atoms with Gasteiger partial charge < -0.3 is 14.8 Å². The summed E-state index contributed by atoms with van der Waals surface area (Å²) in [5.74, 6) is -0.725. The number of carbonyl (C=O) groups is 1. The Morgan fingerprint density at radius 3 is 3.11 bits per heavy atom. The van der Waals surface area contributed by atoms with Gasteiger partial charge in [-0.25, -0.2) is 4.98 Å². The van der Waals surface area contributed by atoms with Crippen molar-refractivity contribution < 1.29 is 9.90 Å². The standard InChI is InChI=1S/C14H17N3O2/c18-13(19)14(5-3-6-15-10-14)8-11-9-17-7-2-1-4-12(17)16-11/h1-2,4,7,9,15H,3,5-6,8,10H2,(H,18,19). The molecule has 2 aromatic rings. The lowest BCUT2D eigenvalue weighted by molar-refractivity contribution is -0.150. The van der Waals surface area contributed by atoms with Crippen LogP contribution in [0, 0.1) is 5.41 Å². The molecular formula is C14H17N3O2. The molecule has 0 aliphatic carbocycles. The molecule has 1 saturated heterocycles. The molecule has 1 atom stereocenters. The summed E-state index contributed by atoms with van der Waals surface area (Å²) >= 11 is 0. The summed E-state index contributed by atoms with van der Waals surface area (Å²) in [4.78, 5) is 16.1. The number of nitrogens with one attached hydrogen (secondary N) is 1. The number of aliphatic carboxylic acids is 1. The zero-order valence-corrected chi connectivity index (χ0v) is 10.7. The van der Waals surface area contributed by atoms with Gasteiger partial charge in [0.2, 0.25) is 0 Å². The molecule has 1 fully saturated rings. The average molecular weight is 259 g/mol. The minimum atomic E-state index is -0.725. The Morgan fingerprint density at radius 1 is 1.53 bits per heavy atom. The van der Waals surface area contributed by atoms with Crippen LogP contribution >= 0.6 is 0 Å². The molecule has 1 unspecified atom stereocenters. The van der Waals surface area contributed by atoms with Crippen molar-refractivity contribution in [3.8, 4) is 0 Å². The van der Waals surface area contributed by atoms with Gasteiger partial charge in [0.05, 0.1) is 11.1 Å². The van der Waals surface area contributed by atoms with Crippen LogP contribution in [0.1, 0.15) is 18.5 Å². The first kappa shape index (κ1) is 12.2. The van der Waals surface area contributed by atoms with Gasteiger partial charge >= 0.3 is 5.97 Å². The predicted octanol–water partition coefficient (Wildman–Crippen LogP) is 1.33. The van der Waals surface area contributed by atoms with Gasteiger partial charge in [0, 0.05) is 25.4 Å². The highest BCUT2D eigenvalue weighted by Crippen LogP contribution is 2.30. The lowest BCUT2D eigenvalue weighted by Gasteiger charge is -2.33. The lowest BCUT2D eigenvalue weighted by Crippen LogP contribution is -2.47. The van der Waals surface area contributed by atoms with Gasteiger partial charge in [-0.1, -0.05) is 6.07 Å². The third-order valence-corrected chi connectivity index (χ3v) is 3.86. The monoisotopic (exact) mass is 259 g/mol. The SMILES string of the molecule is O=C(O)C1(Cc2cn3ccccc3n2)CCCNC1. The number of nitrogens with zero attached hydrogens (tertiary/aromatic N) is 2. The van der Waals surface area contributed by atoms with Crippen molar-refractivity contribution in [2.45, 2.75) is 19.3 Å². The maximum absolute atomic E-state index is 11.6. The van der Waals surface area contributed by atoms with E-state index in [1.807, 2.05) is 35.0 Å². The molecule has 0 saturated carbocycles. The van der Waals surface area contributed by atoms with Crippen LogP contribution in [0.4, 0.5) is 0 Å². The van der Waals surface area contributed by atoms with E-state index in [0.29, 0.717) is 19.4 Å². The van der Waals surface area contributed by atoms with Crippen LogP contribution in [0.15, 0.2) is 30.6 Å². The van der Waals surface area contributed by atoms with Crippen LogP contribution in [0.25, 0.3) is 5.65 Å². The predicted molar refractivity (Wildman–Crippen MR) is 71.1 cm³/mol. The Bertz CT molecular complexity index is 567. The van der Waals surface area contributed by atoms with E-state index in [4.69, 9.17) is 0 Å². The second-order valence-corrected chi connectivity index (χ2v) is 5.24. The van der Waals surface area contributed by atoms with E-state index in [9.17, 15) is 9.90 Å². The summed E-state index contributed by atoms with van der Waals surface area (Å²) in [6, 6.07) is 5.80. The van der Waals surface area contributed by atoms with E-state index in [1.165, 1.54) is 0 Å². The molecule has 0 radical (unpaired) electrons. The number of rotatable bonds is 3. The molecule has 0 spiro atoms. The summed E-state index contributed by atoms with van der Waals surface area (Å²) in [5.41, 5.74) is 0.995. The highest BCUT2D eigenvalue weighted by Gasteiger charge is 2.40. The molecule has 2 aromatic heterocycles. The molecule has 0 bridgehead atoms. The quantitative estimate of drug-likeness (QED) is 0.872. The molecule has 1 aliphatic rings. The van der Waals surface area contributed by atoms with Gasteiger partial charge in [-0.05, 0) is 31.5 Å². The minimum absolute atomic E-state index is 0.483. The van der Waals surface area contributed by atoms with Crippen molar-refractivity contribution in [3.63, 3.8) is 0 Å². The summed E-state index contributed by atoms with van der Waals surface area (Å²) in [6.07, 6.45) is 5.95. The Balaban J connectivity index is 1.91. The van der Waals surface area contributed by atoms with E-state index in [2.05, 4.69) is 10.3 Å². The van der Waals surface area contributed by atoms with Gasteiger partial charge in [-0.3, -0.25) is 4.79 Å².